The van der Waals surface area contributed by atoms with Gasteiger partial charge >= 0.3 is 0 Å². The number of hydrogen-bond donors (Lipinski definition) is 0. The number of para-hydroxylation sites is 1. The van der Waals surface area contributed by atoms with E-state index in [1.54, 1.807) is 19.2 Å². The molecule has 5 heteroatoms. The molecule has 0 amide bonds. The number of nitro benzene ring substituents is 1. The number of methoxy groups -OCH3 is 1. The zero-order chi connectivity index (χ0) is 18.3. The lowest BCUT2D eigenvalue weighted by Crippen LogP contribution is -2.32. The minimum absolute atomic E-state index is 0.0825. The lowest BCUT2D eigenvalue weighted by molar-refractivity contribution is -0.632. The summed E-state index contributed by atoms with van der Waals surface area (Å²) in [5, 5.41) is 14.3. The fraction of sp³-hybridized carbons (Fsp3) is 0.0952. The molecule has 0 radical (unpaired) electrons. The molecule has 0 aliphatic rings. The summed E-state index contributed by atoms with van der Waals surface area (Å²) in [5.74, 6) is 0.774. The molecular formula is C21H17N2O3+. The maximum atomic E-state index is 11.0. The highest BCUT2D eigenvalue weighted by Gasteiger charge is 2.21. The van der Waals surface area contributed by atoms with Crippen LogP contribution in [0.5, 0.6) is 5.75 Å². The average Bonchev–Trinajstić information content (AvgIpc) is 2.68. The molecule has 128 valence electrons. The number of nitrogens with zero attached hydrogens (tertiary/aromatic N) is 2. The van der Waals surface area contributed by atoms with Gasteiger partial charge in [0.1, 0.15) is 12.8 Å². The van der Waals surface area contributed by atoms with E-state index in [1.165, 1.54) is 12.1 Å². The van der Waals surface area contributed by atoms with Crippen LogP contribution in [-0.4, -0.2) is 12.0 Å². The van der Waals surface area contributed by atoms with Gasteiger partial charge in [-0.3, -0.25) is 10.1 Å². The summed E-state index contributed by atoms with van der Waals surface area (Å²) in [4.78, 5) is 10.6. The van der Waals surface area contributed by atoms with Crippen molar-refractivity contribution in [1.29, 1.82) is 0 Å². The van der Waals surface area contributed by atoms with Crippen molar-refractivity contribution in [3.63, 3.8) is 0 Å². The van der Waals surface area contributed by atoms with Gasteiger partial charge in [0.05, 0.1) is 22.8 Å². The Kier molecular flexibility index (Phi) is 3.77. The van der Waals surface area contributed by atoms with Crippen LogP contribution in [0.4, 0.5) is 5.69 Å². The van der Waals surface area contributed by atoms with Crippen LogP contribution < -0.4 is 9.30 Å². The van der Waals surface area contributed by atoms with E-state index in [1.807, 2.05) is 31.3 Å². The molecule has 0 aliphatic carbocycles. The minimum atomic E-state index is -0.384. The molecule has 26 heavy (non-hydrogen) atoms. The van der Waals surface area contributed by atoms with Gasteiger partial charge in [0.15, 0.2) is 0 Å². The number of aryl methyl sites for hydroxylation is 1. The van der Waals surface area contributed by atoms with Crippen molar-refractivity contribution in [3.8, 4) is 17.0 Å². The quantitative estimate of drug-likeness (QED) is 0.239. The number of non-ortho nitro benzene ring substituents is 1. The van der Waals surface area contributed by atoms with E-state index in [0.717, 1.165) is 38.7 Å². The van der Waals surface area contributed by atoms with E-state index in [2.05, 4.69) is 22.8 Å². The van der Waals surface area contributed by atoms with Gasteiger partial charge in [0, 0.05) is 29.1 Å². The van der Waals surface area contributed by atoms with Crippen LogP contribution in [-0.2, 0) is 7.05 Å². The van der Waals surface area contributed by atoms with Gasteiger partial charge in [-0.2, -0.15) is 4.57 Å². The van der Waals surface area contributed by atoms with E-state index < -0.39 is 0 Å². The van der Waals surface area contributed by atoms with E-state index in [9.17, 15) is 10.1 Å². The van der Waals surface area contributed by atoms with Crippen LogP contribution >= 0.6 is 0 Å². The highest BCUT2D eigenvalue weighted by molar-refractivity contribution is 6.09. The number of ether oxygens (including phenoxy) is 1. The van der Waals surface area contributed by atoms with Crippen molar-refractivity contribution < 1.29 is 14.2 Å². The predicted molar refractivity (Wildman–Crippen MR) is 101 cm³/mol. The molecule has 0 unspecified atom stereocenters. The highest BCUT2D eigenvalue weighted by atomic mass is 16.6. The van der Waals surface area contributed by atoms with Gasteiger partial charge in [0.2, 0.25) is 11.2 Å². The first-order valence-corrected chi connectivity index (χ1v) is 8.23. The van der Waals surface area contributed by atoms with Gasteiger partial charge in [-0.25, -0.2) is 0 Å². The first-order chi connectivity index (χ1) is 12.6. The molecule has 0 bridgehead atoms. The van der Waals surface area contributed by atoms with Gasteiger partial charge in [-0.15, -0.1) is 0 Å². The zero-order valence-corrected chi connectivity index (χ0v) is 14.5. The Bertz CT molecular complexity index is 1150. The van der Waals surface area contributed by atoms with Crippen LogP contribution in [0.1, 0.15) is 0 Å². The Morgan fingerprint density at radius 1 is 0.923 bits per heavy atom. The Labute approximate surface area is 150 Å². The summed E-state index contributed by atoms with van der Waals surface area (Å²) < 4.78 is 7.54. The molecule has 4 rings (SSSR count). The van der Waals surface area contributed by atoms with E-state index in [0.29, 0.717) is 0 Å². The summed E-state index contributed by atoms with van der Waals surface area (Å²) in [5.41, 5.74) is 3.09. The third-order valence-electron chi connectivity index (χ3n) is 4.72. The number of benzene rings is 3. The molecule has 5 nitrogen and oxygen atoms in total. The molecule has 0 fully saturated rings. The largest absolute Gasteiger partial charge is 0.497 e. The number of aromatic nitrogens is 1. The van der Waals surface area contributed by atoms with Gasteiger partial charge in [-0.05, 0) is 36.4 Å². The SMILES string of the molecule is COc1ccc2c(c1)c(-c1ccc([N+](=O)[O-])cc1)[n+](C)c1ccccc21. The molecule has 0 N–H and O–H groups in total. The molecule has 0 saturated carbocycles. The van der Waals surface area contributed by atoms with Crippen LogP contribution in [0.15, 0.2) is 66.7 Å². The summed E-state index contributed by atoms with van der Waals surface area (Å²) >= 11 is 0. The fourth-order valence-corrected chi connectivity index (χ4v) is 3.47. The monoisotopic (exact) mass is 345 g/mol. The maximum absolute atomic E-state index is 11.0. The second-order valence-corrected chi connectivity index (χ2v) is 6.14. The van der Waals surface area contributed by atoms with Crippen molar-refractivity contribution in [2.45, 2.75) is 0 Å². The number of fused-ring (bicyclic) bond motifs is 3. The lowest BCUT2D eigenvalue weighted by Gasteiger charge is -2.10. The number of hydrogen-bond acceptors (Lipinski definition) is 3. The maximum Gasteiger partial charge on any atom is 0.269 e. The van der Waals surface area contributed by atoms with Gasteiger partial charge in [0.25, 0.3) is 5.69 Å². The van der Waals surface area contributed by atoms with E-state index in [-0.39, 0.29) is 10.6 Å². The standard InChI is InChI=1S/C21H17N2O3/c1-22-20-6-4-3-5-18(20)17-12-11-16(26-2)13-19(17)21(22)14-7-9-15(10-8-14)23(24)25/h3-13H,1-2H3/q+1. The topological polar surface area (TPSA) is 56.3 Å². The summed E-state index contributed by atoms with van der Waals surface area (Å²) in [7, 11) is 3.66. The molecule has 0 spiro atoms. The Morgan fingerprint density at radius 2 is 1.65 bits per heavy atom. The molecule has 1 heterocycles. The van der Waals surface area contributed by atoms with Gasteiger partial charge in [-0.1, -0.05) is 12.1 Å². The first-order valence-electron chi connectivity index (χ1n) is 8.23. The van der Waals surface area contributed by atoms with Crippen LogP contribution in [0.25, 0.3) is 32.9 Å². The van der Waals surface area contributed by atoms with E-state index in [4.69, 9.17) is 4.74 Å². The molecule has 3 aromatic carbocycles. The molecular weight excluding hydrogens is 328 g/mol. The Morgan fingerprint density at radius 3 is 2.35 bits per heavy atom. The fourth-order valence-electron chi connectivity index (χ4n) is 3.47. The van der Waals surface area contributed by atoms with Crippen molar-refractivity contribution in [3.05, 3.63) is 76.8 Å². The summed E-state index contributed by atoms with van der Waals surface area (Å²) in [6.45, 7) is 0. The van der Waals surface area contributed by atoms with Crippen molar-refractivity contribution in [2.75, 3.05) is 7.11 Å². The molecule has 4 aromatic rings. The second-order valence-electron chi connectivity index (χ2n) is 6.14. The van der Waals surface area contributed by atoms with Crippen LogP contribution in [0.2, 0.25) is 0 Å². The van der Waals surface area contributed by atoms with Crippen molar-refractivity contribution in [2.24, 2.45) is 7.05 Å². The third kappa shape index (κ3) is 2.45. The molecule has 1 aromatic heterocycles. The number of pyridine rings is 1. The lowest BCUT2D eigenvalue weighted by atomic mass is 9.99. The minimum Gasteiger partial charge on any atom is -0.497 e. The summed E-state index contributed by atoms with van der Waals surface area (Å²) in [6, 6.07) is 20.9. The first kappa shape index (κ1) is 16.0. The average molecular weight is 345 g/mol. The summed E-state index contributed by atoms with van der Waals surface area (Å²) in [6.07, 6.45) is 0. The molecule has 0 aliphatic heterocycles. The zero-order valence-electron chi connectivity index (χ0n) is 14.5. The van der Waals surface area contributed by atoms with Crippen LogP contribution in [0.3, 0.4) is 0 Å². The van der Waals surface area contributed by atoms with E-state index >= 15 is 0 Å². The van der Waals surface area contributed by atoms with Crippen molar-refractivity contribution in [1.82, 2.24) is 0 Å². The van der Waals surface area contributed by atoms with Crippen LogP contribution in [0, 0.1) is 10.1 Å². The molecule has 0 saturated heterocycles. The number of nitro groups is 1. The molecule has 0 atom stereocenters. The number of rotatable bonds is 3. The van der Waals surface area contributed by atoms with Gasteiger partial charge < -0.3 is 4.74 Å². The Balaban J connectivity index is 2.11. The predicted octanol–water partition coefficient (Wildman–Crippen LogP) is 4.40. The second kappa shape index (κ2) is 6.11. The third-order valence-corrected chi connectivity index (χ3v) is 4.72. The normalized spacial score (nSPS) is 11.0. The smallest absolute Gasteiger partial charge is 0.269 e. The Hall–Kier alpha value is -3.47. The van der Waals surface area contributed by atoms with Crippen molar-refractivity contribution >= 4 is 27.4 Å². The highest BCUT2D eigenvalue weighted by Crippen LogP contribution is 2.33.